The number of carbonyl (C=O) groups excluding carboxylic acids is 1. The molecule has 2 aromatic heterocycles. The zero-order chi connectivity index (χ0) is 15.9. The molecule has 0 fully saturated rings. The second-order valence-electron chi connectivity index (χ2n) is 5.02. The van der Waals surface area contributed by atoms with Crippen molar-refractivity contribution in [1.29, 1.82) is 0 Å². The third kappa shape index (κ3) is 2.25. The number of anilines is 1. The first-order chi connectivity index (χ1) is 10.5. The lowest BCUT2D eigenvalue weighted by Gasteiger charge is -2.13. The molecule has 1 amide bonds. The van der Waals surface area contributed by atoms with E-state index in [9.17, 15) is 14.3 Å². The van der Waals surface area contributed by atoms with Crippen LogP contribution in [0.2, 0.25) is 0 Å². The van der Waals surface area contributed by atoms with Crippen molar-refractivity contribution in [2.45, 2.75) is 19.6 Å². The quantitative estimate of drug-likeness (QED) is 0.554. The Labute approximate surface area is 125 Å². The first-order valence-electron chi connectivity index (χ1n) is 6.85. The largest absolute Gasteiger partial charge is 0.374 e. The average Bonchev–Trinajstić information content (AvgIpc) is 2.85. The number of aromatic nitrogens is 2. The molecule has 0 aliphatic carbocycles. The maximum atomic E-state index is 13.6. The number of primary amides is 1. The van der Waals surface area contributed by atoms with Crippen LogP contribution >= 0.6 is 0 Å². The summed E-state index contributed by atoms with van der Waals surface area (Å²) in [5.74, 6) is -0.668. The molecule has 0 spiro atoms. The lowest BCUT2D eigenvalue weighted by atomic mass is 10.1. The topological polar surface area (TPSA) is 104 Å². The molecule has 0 radical (unpaired) electrons. The number of hydrogen-bond acceptors (Lipinski definition) is 4. The van der Waals surface area contributed by atoms with Crippen LogP contribution in [0.3, 0.4) is 0 Å². The molecule has 3 aromatic rings. The van der Waals surface area contributed by atoms with Gasteiger partial charge in [0.15, 0.2) is 0 Å². The highest BCUT2D eigenvalue weighted by atomic mass is 19.1. The van der Waals surface area contributed by atoms with Crippen LogP contribution < -0.4 is 11.1 Å². The summed E-state index contributed by atoms with van der Waals surface area (Å²) in [5, 5.41) is 13.7. The Morgan fingerprint density at radius 2 is 2.32 bits per heavy atom. The zero-order valence-electron chi connectivity index (χ0n) is 11.9. The van der Waals surface area contributed by atoms with Crippen LogP contribution in [0.25, 0.3) is 21.8 Å². The van der Waals surface area contributed by atoms with Crippen molar-refractivity contribution < 1.29 is 14.3 Å². The summed E-state index contributed by atoms with van der Waals surface area (Å²) in [5.41, 5.74) is 6.70. The van der Waals surface area contributed by atoms with E-state index in [1.807, 2.05) is 6.92 Å². The van der Waals surface area contributed by atoms with Crippen molar-refractivity contribution in [3.63, 3.8) is 0 Å². The Balaban J connectivity index is 2.36. The number of fused-ring (bicyclic) bond motifs is 3. The van der Waals surface area contributed by atoms with Gasteiger partial charge in [-0.15, -0.1) is 0 Å². The number of nitrogens with two attached hydrogens (primary N) is 1. The third-order valence-corrected chi connectivity index (χ3v) is 3.54. The number of rotatable bonds is 4. The monoisotopic (exact) mass is 302 g/mol. The van der Waals surface area contributed by atoms with Crippen molar-refractivity contribution in [3.05, 3.63) is 35.8 Å². The maximum absolute atomic E-state index is 13.6. The third-order valence-electron chi connectivity index (χ3n) is 3.54. The summed E-state index contributed by atoms with van der Waals surface area (Å²) in [6.45, 7) is 1.81. The van der Waals surface area contributed by atoms with Crippen molar-refractivity contribution >= 4 is 33.5 Å². The van der Waals surface area contributed by atoms with Gasteiger partial charge in [-0.05, 0) is 24.6 Å². The van der Waals surface area contributed by atoms with Gasteiger partial charge in [0.25, 0.3) is 5.91 Å². The van der Waals surface area contributed by atoms with Crippen molar-refractivity contribution in [3.8, 4) is 0 Å². The first-order valence-corrected chi connectivity index (χ1v) is 6.85. The minimum atomic E-state index is -0.798. The number of carbonyl (C=O) groups is 1. The molecule has 0 saturated carbocycles. The molecule has 7 heteroatoms. The number of aliphatic hydroxyl groups excluding tert-OH is 1. The van der Waals surface area contributed by atoms with Crippen LogP contribution in [-0.2, 0) is 0 Å². The van der Waals surface area contributed by atoms with E-state index < -0.39 is 18.0 Å². The number of halogens is 1. The normalized spacial score (nSPS) is 12.7. The summed E-state index contributed by atoms with van der Waals surface area (Å²) in [7, 11) is 0. The van der Waals surface area contributed by atoms with Crippen LogP contribution in [0.15, 0.2) is 24.4 Å². The number of nitrogens with one attached hydrogen (secondary N) is 2. The molecule has 114 valence electrons. The fraction of sp³-hybridized carbons (Fsp3) is 0.200. The summed E-state index contributed by atoms with van der Waals surface area (Å²) in [6.07, 6.45) is 1.01. The SMILES string of the molecule is CCC(O)Nc1ncc(C(N)=O)c2[nH]c3ccc(F)cc3c12. The molecule has 1 atom stereocenters. The predicted octanol–water partition coefficient (Wildman–Crippen LogP) is 2.09. The Morgan fingerprint density at radius 1 is 1.55 bits per heavy atom. The number of amides is 1. The molecule has 1 unspecified atom stereocenters. The van der Waals surface area contributed by atoms with Gasteiger partial charge < -0.3 is 21.1 Å². The molecular formula is C15H15FN4O2. The number of H-pyrrole nitrogens is 1. The second kappa shape index (κ2) is 5.27. The van der Waals surface area contributed by atoms with Crippen LogP contribution in [0.4, 0.5) is 10.2 Å². The smallest absolute Gasteiger partial charge is 0.252 e. The summed E-state index contributed by atoms with van der Waals surface area (Å²) >= 11 is 0. The Morgan fingerprint density at radius 3 is 3.00 bits per heavy atom. The molecule has 0 aliphatic rings. The van der Waals surface area contributed by atoms with Crippen molar-refractivity contribution in [1.82, 2.24) is 9.97 Å². The molecule has 5 N–H and O–H groups in total. The fourth-order valence-electron chi connectivity index (χ4n) is 2.43. The Hall–Kier alpha value is -2.67. The lowest BCUT2D eigenvalue weighted by molar-refractivity contribution is 0.100. The van der Waals surface area contributed by atoms with Crippen LogP contribution in [0.5, 0.6) is 0 Å². The average molecular weight is 302 g/mol. The van der Waals surface area contributed by atoms with Crippen molar-refractivity contribution in [2.75, 3.05) is 5.32 Å². The van der Waals surface area contributed by atoms with Gasteiger partial charge in [-0.3, -0.25) is 4.79 Å². The highest BCUT2D eigenvalue weighted by Crippen LogP contribution is 2.33. The standard InChI is InChI=1S/C15H15FN4O2/c1-2-11(21)20-15-12-8-5-7(16)3-4-10(8)19-13(12)9(6-18-15)14(17)22/h3-6,11,19,21H,2H2,1H3,(H2,17,22)(H,18,20). The molecule has 3 rings (SSSR count). The number of aliphatic hydroxyl groups is 1. The van der Waals surface area contributed by atoms with E-state index in [0.29, 0.717) is 34.0 Å². The Bertz CT molecular complexity index is 875. The van der Waals surface area contributed by atoms with E-state index in [2.05, 4.69) is 15.3 Å². The maximum Gasteiger partial charge on any atom is 0.252 e. The molecule has 6 nitrogen and oxygen atoms in total. The Kier molecular flexibility index (Phi) is 3.42. The number of aromatic amines is 1. The van der Waals surface area contributed by atoms with E-state index in [4.69, 9.17) is 5.73 Å². The minimum absolute atomic E-state index is 0.211. The summed E-state index contributed by atoms with van der Waals surface area (Å²) in [6, 6.07) is 4.25. The van der Waals surface area contributed by atoms with E-state index in [-0.39, 0.29) is 5.56 Å². The number of benzene rings is 1. The molecule has 0 bridgehead atoms. The molecule has 0 saturated heterocycles. The molecule has 22 heavy (non-hydrogen) atoms. The summed E-state index contributed by atoms with van der Waals surface area (Å²) < 4.78 is 13.6. The van der Waals surface area contributed by atoms with E-state index >= 15 is 0 Å². The van der Waals surface area contributed by atoms with Crippen LogP contribution in [-0.4, -0.2) is 27.2 Å². The summed E-state index contributed by atoms with van der Waals surface area (Å²) in [4.78, 5) is 18.8. The second-order valence-corrected chi connectivity index (χ2v) is 5.02. The van der Waals surface area contributed by atoms with E-state index in [1.54, 1.807) is 6.07 Å². The van der Waals surface area contributed by atoms with Gasteiger partial charge in [0.1, 0.15) is 17.9 Å². The number of pyridine rings is 1. The minimum Gasteiger partial charge on any atom is -0.374 e. The van der Waals surface area contributed by atoms with E-state index in [1.165, 1.54) is 18.3 Å². The molecular weight excluding hydrogens is 287 g/mol. The molecule has 0 aliphatic heterocycles. The highest BCUT2D eigenvalue weighted by molar-refractivity contribution is 6.18. The van der Waals surface area contributed by atoms with Gasteiger partial charge in [-0.25, -0.2) is 9.37 Å². The predicted molar refractivity (Wildman–Crippen MR) is 82.0 cm³/mol. The van der Waals surface area contributed by atoms with Crippen LogP contribution in [0.1, 0.15) is 23.7 Å². The van der Waals surface area contributed by atoms with Gasteiger partial charge in [0, 0.05) is 17.1 Å². The van der Waals surface area contributed by atoms with Gasteiger partial charge in [0.2, 0.25) is 0 Å². The zero-order valence-corrected chi connectivity index (χ0v) is 11.9. The fourth-order valence-corrected chi connectivity index (χ4v) is 2.43. The van der Waals surface area contributed by atoms with Gasteiger partial charge in [-0.1, -0.05) is 6.92 Å². The molecule has 1 aromatic carbocycles. The van der Waals surface area contributed by atoms with E-state index in [0.717, 1.165) is 0 Å². The van der Waals surface area contributed by atoms with Gasteiger partial charge in [-0.2, -0.15) is 0 Å². The van der Waals surface area contributed by atoms with Gasteiger partial charge >= 0.3 is 0 Å². The first kappa shape index (κ1) is 14.3. The number of nitrogens with zero attached hydrogens (tertiary/aromatic N) is 1. The number of hydrogen-bond donors (Lipinski definition) is 4. The lowest BCUT2D eigenvalue weighted by Crippen LogP contribution is -2.19. The highest BCUT2D eigenvalue weighted by Gasteiger charge is 2.18. The molecule has 2 heterocycles. The van der Waals surface area contributed by atoms with Crippen molar-refractivity contribution in [2.24, 2.45) is 5.73 Å². The van der Waals surface area contributed by atoms with Crippen LogP contribution in [0, 0.1) is 5.82 Å². The van der Waals surface area contributed by atoms with Gasteiger partial charge in [0.05, 0.1) is 16.5 Å².